The Hall–Kier alpha value is -1.52. The van der Waals surface area contributed by atoms with Crippen LogP contribution < -0.4 is 0 Å². The zero-order valence-corrected chi connectivity index (χ0v) is 7.88. The number of alkyl halides is 2. The van der Waals surface area contributed by atoms with Crippen LogP contribution in [0.2, 0.25) is 0 Å². The zero-order valence-electron chi connectivity index (χ0n) is 7.88. The number of aliphatic carboxylic acids is 1. The van der Waals surface area contributed by atoms with Gasteiger partial charge < -0.3 is 5.11 Å². The minimum atomic E-state index is -3.43. The smallest absolute Gasteiger partial charge is 0.317 e. The maximum absolute atomic E-state index is 13.0. The molecule has 0 amide bonds. The topological polar surface area (TPSA) is 37.3 Å². The van der Waals surface area contributed by atoms with Crippen LogP contribution in [0, 0.1) is 5.82 Å². The lowest BCUT2D eigenvalue weighted by atomic mass is 9.93. The van der Waals surface area contributed by atoms with Crippen LogP contribution in [-0.4, -0.2) is 17.0 Å². The van der Waals surface area contributed by atoms with Gasteiger partial charge in [0.15, 0.2) is 0 Å². The molecule has 1 aromatic carbocycles. The molecule has 1 aromatic rings. The van der Waals surface area contributed by atoms with Crippen molar-refractivity contribution < 1.29 is 23.1 Å². The monoisotopic (exact) mass is 218 g/mol. The molecule has 0 fully saturated rings. The third kappa shape index (κ3) is 2.71. The molecule has 0 saturated heterocycles. The predicted molar refractivity (Wildman–Crippen MR) is 47.4 cm³/mol. The summed E-state index contributed by atoms with van der Waals surface area (Å²) in [6, 6.07) is 4.23. The first-order valence-electron chi connectivity index (χ1n) is 4.18. The predicted octanol–water partition coefficient (Wildman–Crippen LogP) is 2.65. The summed E-state index contributed by atoms with van der Waals surface area (Å²) in [6.45, 7) is 0.497. The van der Waals surface area contributed by atoms with Crippen molar-refractivity contribution in [3.63, 3.8) is 0 Å². The highest BCUT2D eigenvalue weighted by Crippen LogP contribution is 2.33. The van der Waals surface area contributed by atoms with Gasteiger partial charge in [-0.05, 0) is 17.7 Å². The van der Waals surface area contributed by atoms with Crippen LogP contribution in [0.15, 0.2) is 24.3 Å². The van der Waals surface area contributed by atoms with E-state index in [9.17, 15) is 18.0 Å². The fourth-order valence-corrected chi connectivity index (χ4v) is 1.34. The maximum Gasteiger partial charge on any atom is 0.317 e. The highest BCUT2D eigenvalue weighted by Gasteiger charge is 2.41. The van der Waals surface area contributed by atoms with Crippen LogP contribution in [0.1, 0.15) is 18.4 Å². The van der Waals surface area contributed by atoms with Gasteiger partial charge in [-0.1, -0.05) is 12.1 Å². The van der Waals surface area contributed by atoms with Crippen molar-refractivity contribution in [1.29, 1.82) is 0 Å². The van der Waals surface area contributed by atoms with Crippen LogP contribution >= 0.6 is 0 Å². The van der Waals surface area contributed by atoms with Crippen molar-refractivity contribution in [2.75, 3.05) is 0 Å². The first-order chi connectivity index (χ1) is 6.82. The molecule has 0 aliphatic rings. The first kappa shape index (κ1) is 11.6. The van der Waals surface area contributed by atoms with Crippen molar-refractivity contribution in [3.8, 4) is 0 Å². The molecular weight excluding hydrogens is 209 g/mol. The van der Waals surface area contributed by atoms with E-state index < -0.39 is 23.6 Å². The molecule has 0 radical (unpaired) electrons. The van der Waals surface area contributed by atoms with Gasteiger partial charge in [0.1, 0.15) is 11.7 Å². The number of carboxylic acid groups (broad SMARTS) is 1. The second-order valence-electron chi connectivity index (χ2n) is 3.28. The molecule has 1 rings (SSSR count). The van der Waals surface area contributed by atoms with Crippen molar-refractivity contribution in [1.82, 2.24) is 0 Å². The normalized spacial score (nSPS) is 13.6. The van der Waals surface area contributed by atoms with Crippen molar-refractivity contribution >= 4 is 5.97 Å². The Morgan fingerprint density at radius 1 is 1.47 bits per heavy atom. The molecule has 1 N–H and O–H groups in total. The molecule has 5 heteroatoms. The second-order valence-corrected chi connectivity index (χ2v) is 3.28. The summed E-state index contributed by atoms with van der Waals surface area (Å²) in [4.78, 5) is 10.7. The fraction of sp³-hybridized carbons (Fsp3) is 0.300. The van der Waals surface area contributed by atoms with Gasteiger partial charge in [-0.15, -0.1) is 0 Å². The fourth-order valence-electron chi connectivity index (χ4n) is 1.34. The Bertz CT molecular complexity index is 371. The van der Waals surface area contributed by atoms with Crippen LogP contribution in [0.5, 0.6) is 0 Å². The molecule has 0 aliphatic carbocycles. The highest BCUT2D eigenvalue weighted by molar-refractivity contribution is 5.77. The molecule has 0 bridgehead atoms. The van der Waals surface area contributed by atoms with Gasteiger partial charge in [-0.3, -0.25) is 4.79 Å². The summed E-state index contributed by atoms with van der Waals surface area (Å²) in [5, 5.41) is 8.65. The summed E-state index contributed by atoms with van der Waals surface area (Å²) in [6.07, 6.45) is 0. The molecule has 15 heavy (non-hydrogen) atoms. The lowest BCUT2D eigenvalue weighted by molar-refractivity contribution is -0.147. The van der Waals surface area contributed by atoms with E-state index in [1.54, 1.807) is 0 Å². The average molecular weight is 218 g/mol. The molecule has 0 aromatic heterocycles. The molecule has 1 unspecified atom stereocenters. The Balaban J connectivity index is 3.16. The number of rotatable bonds is 3. The zero-order chi connectivity index (χ0) is 11.6. The van der Waals surface area contributed by atoms with E-state index in [1.165, 1.54) is 12.1 Å². The molecule has 0 spiro atoms. The quantitative estimate of drug-likeness (QED) is 0.846. The molecule has 0 saturated carbocycles. The van der Waals surface area contributed by atoms with Gasteiger partial charge in [0.25, 0.3) is 5.92 Å². The minimum absolute atomic E-state index is 0.241. The third-order valence-electron chi connectivity index (χ3n) is 1.94. The van der Waals surface area contributed by atoms with Crippen molar-refractivity contribution in [2.24, 2.45) is 0 Å². The van der Waals surface area contributed by atoms with Crippen LogP contribution in [0.25, 0.3) is 0 Å². The van der Waals surface area contributed by atoms with Gasteiger partial charge in [0.05, 0.1) is 0 Å². The van der Waals surface area contributed by atoms with E-state index in [-0.39, 0.29) is 5.56 Å². The van der Waals surface area contributed by atoms with Gasteiger partial charge >= 0.3 is 5.97 Å². The number of hydrogen-bond donors (Lipinski definition) is 1. The lowest BCUT2D eigenvalue weighted by Crippen LogP contribution is -2.29. The van der Waals surface area contributed by atoms with E-state index in [0.29, 0.717) is 6.92 Å². The summed E-state index contributed by atoms with van der Waals surface area (Å²) >= 11 is 0. The van der Waals surface area contributed by atoms with Gasteiger partial charge in [-0.2, -0.15) is 0 Å². The Morgan fingerprint density at radius 2 is 2.07 bits per heavy atom. The summed E-state index contributed by atoms with van der Waals surface area (Å²) in [7, 11) is 0. The maximum atomic E-state index is 13.0. The van der Waals surface area contributed by atoms with Crippen LogP contribution in [0.3, 0.4) is 0 Å². The minimum Gasteiger partial charge on any atom is -0.481 e. The number of carbonyl (C=O) groups is 1. The number of carboxylic acids is 1. The Labute approximate surface area is 84.3 Å². The molecule has 82 valence electrons. The SMILES string of the molecule is CC(F)(F)C(C(=O)O)c1cccc(F)c1. The van der Waals surface area contributed by atoms with Gasteiger partial charge in [0.2, 0.25) is 0 Å². The molecule has 0 aliphatic heterocycles. The molecule has 2 nitrogen and oxygen atoms in total. The van der Waals surface area contributed by atoms with Crippen molar-refractivity contribution in [2.45, 2.75) is 18.8 Å². The molecule has 1 atom stereocenters. The van der Waals surface area contributed by atoms with Crippen LogP contribution in [-0.2, 0) is 4.79 Å². The van der Waals surface area contributed by atoms with E-state index in [4.69, 9.17) is 5.11 Å². The number of hydrogen-bond acceptors (Lipinski definition) is 1. The van der Waals surface area contributed by atoms with Crippen molar-refractivity contribution in [3.05, 3.63) is 35.6 Å². The molecule has 0 heterocycles. The van der Waals surface area contributed by atoms with E-state index in [1.807, 2.05) is 0 Å². The highest BCUT2D eigenvalue weighted by atomic mass is 19.3. The largest absolute Gasteiger partial charge is 0.481 e. The Morgan fingerprint density at radius 3 is 2.47 bits per heavy atom. The van der Waals surface area contributed by atoms with E-state index in [2.05, 4.69) is 0 Å². The van der Waals surface area contributed by atoms with Gasteiger partial charge in [-0.25, -0.2) is 13.2 Å². The standard InChI is InChI=1S/C10H9F3O2/c1-10(12,13)8(9(14)15)6-3-2-4-7(11)5-6/h2-5,8H,1H3,(H,14,15). The number of halogens is 3. The second kappa shape index (κ2) is 3.92. The van der Waals surface area contributed by atoms with E-state index >= 15 is 0 Å². The third-order valence-corrected chi connectivity index (χ3v) is 1.94. The lowest BCUT2D eigenvalue weighted by Gasteiger charge is -2.19. The molecular formula is C10H9F3O2. The summed E-state index contributed by atoms with van der Waals surface area (Å²) < 4.78 is 38.6. The van der Waals surface area contributed by atoms with Gasteiger partial charge in [0, 0.05) is 6.92 Å². The number of benzene rings is 1. The average Bonchev–Trinajstić information content (AvgIpc) is 1.99. The Kier molecular flexibility index (Phi) is 3.02. The first-order valence-corrected chi connectivity index (χ1v) is 4.18. The summed E-state index contributed by atoms with van der Waals surface area (Å²) in [5.41, 5.74) is -0.241. The van der Waals surface area contributed by atoms with E-state index in [0.717, 1.165) is 12.1 Å². The summed E-state index contributed by atoms with van der Waals surface area (Å²) in [5.74, 6) is -7.86. The van der Waals surface area contributed by atoms with Crippen LogP contribution in [0.4, 0.5) is 13.2 Å².